The van der Waals surface area contributed by atoms with E-state index in [-0.39, 0.29) is 36.0 Å². The molecule has 0 aromatic rings. The van der Waals surface area contributed by atoms with Gasteiger partial charge in [-0.2, -0.15) is 0 Å². The van der Waals surface area contributed by atoms with Gasteiger partial charge in [-0.3, -0.25) is 14.5 Å². The van der Waals surface area contributed by atoms with Gasteiger partial charge in [0.05, 0.1) is 13.2 Å². The molecule has 100 valence electrons. The molecule has 0 spiro atoms. The molecule has 1 aliphatic rings. The minimum absolute atomic E-state index is 0.0768. The summed E-state index contributed by atoms with van der Waals surface area (Å²) in [4.78, 5) is 36.2. The second-order valence-corrected chi connectivity index (χ2v) is 5.22. The van der Waals surface area contributed by atoms with E-state index in [0.29, 0.717) is 12.8 Å². The number of likely N-dealkylation sites (tertiary alicyclic amines) is 1. The highest BCUT2D eigenvalue weighted by molar-refractivity contribution is 6.00. The van der Waals surface area contributed by atoms with Crippen LogP contribution in [0.4, 0.5) is 0 Å². The summed E-state index contributed by atoms with van der Waals surface area (Å²) < 4.78 is 4.77. The number of piperidine rings is 1. The molecule has 0 radical (unpaired) electrons. The SMILES string of the molecule is C=C(CN1C(=O)CC(C)(C)CC1=O)C(=O)OCC. The maximum atomic E-state index is 11.8. The van der Waals surface area contributed by atoms with Crippen LogP contribution in [0.5, 0.6) is 0 Å². The predicted molar refractivity (Wildman–Crippen MR) is 65.5 cm³/mol. The Balaban J connectivity index is 2.68. The van der Waals surface area contributed by atoms with Crippen LogP contribution in [0.3, 0.4) is 0 Å². The molecule has 2 amide bonds. The van der Waals surface area contributed by atoms with Gasteiger partial charge < -0.3 is 4.74 Å². The first kappa shape index (κ1) is 14.4. The lowest BCUT2D eigenvalue weighted by molar-refractivity contribution is -0.152. The largest absolute Gasteiger partial charge is 0.463 e. The molecule has 0 atom stereocenters. The van der Waals surface area contributed by atoms with Gasteiger partial charge in [-0.15, -0.1) is 0 Å². The van der Waals surface area contributed by atoms with Crippen LogP contribution in [0.1, 0.15) is 33.6 Å². The molecule has 0 unspecified atom stereocenters. The third-order valence-electron chi connectivity index (χ3n) is 2.77. The summed E-state index contributed by atoms with van der Waals surface area (Å²) in [5.74, 6) is -1.09. The van der Waals surface area contributed by atoms with E-state index in [9.17, 15) is 14.4 Å². The molecule has 1 fully saturated rings. The van der Waals surface area contributed by atoms with Crippen molar-refractivity contribution in [2.75, 3.05) is 13.2 Å². The molecule has 0 aromatic carbocycles. The third kappa shape index (κ3) is 3.42. The Kier molecular flexibility index (Phi) is 4.27. The monoisotopic (exact) mass is 253 g/mol. The number of ether oxygens (including phenoxy) is 1. The van der Waals surface area contributed by atoms with Crippen molar-refractivity contribution < 1.29 is 19.1 Å². The fourth-order valence-electron chi connectivity index (χ4n) is 1.88. The van der Waals surface area contributed by atoms with Crippen molar-refractivity contribution in [1.29, 1.82) is 0 Å². The number of esters is 1. The molecule has 1 heterocycles. The van der Waals surface area contributed by atoms with Crippen molar-refractivity contribution in [1.82, 2.24) is 4.90 Å². The van der Waals surface area contributed by atoms with Crippen LogP contribution < -0.4 is 0 Å². The minimum atomic E-state index is -0.567. The van der Waals surface area contributed by atoms with Crippen molar-refractivity contribution >= 4 is 17.8 Å². The zero-order valence-corrected chi connectivity index (χ0v) is 11.1. The van der Waals surface area contributed by atoms with Crippen LogP contribution in [0.25, 0.3) is 0 Å². The van der Waals surface area contributed by atoms with Gasteiger partial charge >= 0.3 is 5.97 Å². The molecule has 18 heavy (non-hydrogen) atoms. The number of hydrogen-bond donors (Lipinski definition) is 0. The van der Waals surface area contributed by atoms with Crippen molar-refractivity contribution in [3.63, 3.8) is 0 Å². The average molecular weight is 253 g/mol. The maximum absolute atomic E-state index is 11.8. The highest BCUT2D eigenvalue weighted by Gasteiger charge is 2.37. The van der Waals surface area contributed by atoms with Gasteiger partial charge in [-0.1, -0.05) is 20.4 Å². The second-order valence-electron chi connectivity index (χ2n) is 5.22. The molecule has 1 rings (SSSR count). The van der Waals surface area contributed by atoms with Gasteiger partial charge in [0, 0.05) is 18.4 Å². The third-order valence-corrected chi connectivity index (χ3v) is 2.77. The summed E-state index contributed by atoms with van der Waals surface area (Å²) in [5, 5.41) is 0. The van der Waals surface area contributed by atoms with Gasteiger partial charge in [-0.05, 0) is 12.3 Å². The Morgan fingerprint density at radius 1 is 1.33 bits per heavy atom. The Bertz CT molecular complexity index is 378. The minimum Gasteiger partial charge on any atom is -0.463 e. The highest BCUT2D eigenvalue weighted by atomic mass is 16.5. The smallest absolute Gasteiger partial charge is 0.335 e. The van der Waals surface area contributed by atoms with Crippen molar-refractivity contribution in [2.24, 2.45) is 5.41 Å². The normalized spacial score (nSPS) is 18.7. The maximum Gasteiger partial charge on any atom is 0.335 e. The van der Waals surface area contributed by atoms with Crippen LogP contribution in [0, 0.1) is 5.41 Å². The van der Waals surface area contributed by atoms with E-state index < -0.39 is 5.97 Å². The van der Waals surface area contributed by atoms with E-state index in [1.807, 2.05) is 13.8 Å². The molecule has 5 heteroatoms. The first-order valence-corrected chi connectivity index (χ1v) is 5.95. The quantitative estimate of drug-likeness (QED) is 0.430. The summed E-state index contributed by atoms with van der Waals surface area (Å²) in [5.41, 5.74) is -0.186. The number of nitrogens with zero attached hydrogens (tertiary/aromatic N) is 1. The molecule has 5 nitrogen and oxygen atoms in total. The molecule has 1 aliphatic heterocycles. The number of carbonyl (C=O) groups excluding carboxylic acids is 3. The van der Waals surface area contributed by atoms with Gasteiger partial charge in [0.15, 0.2) is 0 Å². The molecule has 0 aliphatic carbocycles. The fraction of sp³-hybridized carbons (Fsp3) is 0.615. The highest BCUT2D eigenvalue weighted by Crippen LogP contribution is 2.31. The van der Waals surface area contributed by atoms with Gasteiger partial charge in [0.1, 0.15) is 0 Å². The number of carbonyl (C=O) groups is 3. The summed E-state index contributed by atoms with van der Waals surface area (Å²) in [6.45, 7) is 9.15. The lowest BCUT2D eigenvalue weighted by atomic mass is 9.81. The van der Waals surface area contributed by atoms with E-state index in [1.54, 1.807) is 6.92 Å². The van der Waals surface area contributed by atoms with Crippen LogP contribution in [0.15, 0.2) is 12.2 Å². The summed E-state index contributed by atoms with van der Waals surface area (Å²) in [7, 11) is 0. The number of hydrogen-bond acceptors (Lipinski definition) is 4. The van der Waals surface area contributed by atoms with Crippen LogP contribution >= 0.6 is 0 Å². The van der Waals surface area contributed by atoms with E-state index >= 15 is 0 Å². The van der Waals surface area contributed by atoms with Gasteiger partial charge in [0.2, 0.25) is 11.8 Å². The first-order valence-electron chi connectivity index (χ1n) is 5.95. The lowest BCUT2D eigenvalue weighted by Gasteiger charge is -2.34. The first-order chi connectivity index (χ1) is 8.26. The van der Waals surface area contributed by atoms with Crippen LogP contribution in [-0.2, 0) is 19.1 Å². The lowest BCUT2D eigenvalue weighted by Crippen LogP contribution is -2.47. The molecular weight excluding hydrogens is 234 g/mol. The van der Waals surface area contributed by atoms with E-state index in [0.717, 1.165) is 4.90 Å². The van der Waals surface area contributed by atoms with Crippen molar-refractivity contribution in [2.45, 2.75) is 33.6 Å². The molecule has 1 saturated heterocycles. The van der Waals surface area contributed by atoms with Crippen molar-refractivity contribution in [3.8, 4) is 0 Å². The van der Waals surface area contributed by atoms with Gasteiger partial charge in [0.25, 0.3) is 0 Å². The topological polar surface area (TPSA) is 63.7 Å². The summed E-state index contributed by atoms with van der Waals surface area (Å²) in [6.07, 6.45) is 0.601. The number of imide groups is 1. The van der Waals surface area contributed by atoms with E-state index in [4.69, 9.17) is 4.74 Å². The molecule has 0 saturated carbocycles. The molecule has 0 N–H and O–H groups in total. The Hall–Kier alpha value is -1.65. The van der Waals surface area contributed by atoms with E-state index in [1.165, 1.54) is 0 Å². The summed E-state index contributed by atoms with van der Waals surface area (Å²) in [6, 6.07) is 0. The van der Waals surface area contributed by atoms with E-state index in [2.05, 4.69) is 6.58 Å². The summed E-state index contributed by atoms with van der Waals surface area (Å²) >= 11 is 0. The van der Waals surface area contributed by atoms with Crippen LogP contribution in [-0.4, -0.2) is 35.8 Å². The average Bonchev–Trinajstić information content (AvgIpc) is 2.22. The van der Waals surface area contributed by atoms with Crippen molar-refractivity contribution in [3.05, 3.63) is 12.2 Å². The Morgan fingerprint density at radius 3 is 2.28 bits per heavy atom. The number of rotatable bonds is 4. The zero-order chi connectivity index (χ0) is 13.9. The Morgan fingerprint density at radius 2 is 1.83 bits per heavy atom. The van der Waals surface area contributed by atoms with Gasteiger partial charge in [-0.25, -0.2) is 4.79 Å². The number of amides is 2. The fourth-order valence-corrected chi connectivity index (χ4v) is 1.88. The zero-order valence-electron chi connectivity index (χ0n) is 11.1. The Labute approximate surface area is 107 Å². The second kappa shape index (κ2) is 5.33. The standard InChI is InChI=1S/C13H19NO4/c1-5-18-12(17)9(2)8-14-10(15)6-13(3,4)7-11(14)16/h2,5-8H2,1,3-4H3. The molecule has 0 bridgehead atoms. The predicted octanol–water partition coefficient (Wildman–Crippen LogP) is 1.28. The molecule has 0 aromatic heterocycles. The molecular formula is C13H19NO4. The van der Waals surface area contributed by atoms with Crippen LogP contribution in [0.2, 0.25) is 0 Å².